The summed E-state index contributed by atoms with van der Waals surface area (Å²) < 4.78 is 10.7. The van der Waals surface area contributed by atoms with Gasteiger partial charge in [-0.05, 0) is 48.9 Å². The molecule has 0 saturated carbocycles. The number of carbonyl (C=O) groups is 3. The molecule has 8 nitrogen and oxygen atoms in total. The fraction of sp³-hybridized carbons (Fsp3) is 0.444. The summed E-state index contributed by atoms with van der Waals surface area (Å²) in [6.45, 7) is 8.98. The van der Waals surface area contributed by atoms with Gasteiger partial charge in [0, 0.05) is 18.4 Å². The van der Waals surface area contributed by atoms with Crippen molar-refractivity contribution in [2.75, 3.05) is 13.2 Å². The summed E-state index contributed by atoms with van der Waals surface area (Å²) in [6.07, 6.45) is -1.46. The number of carboxylic acids is 1. The smallest absolute Gasteiger partial charge is 0.407 e. The first-order valence-corrected chi connectivity index (χ1v) is 11.8. The van der Waals surface area contributed by atoms with Gasteiger partial charge in [0.25, 0.3) is 0 Å². The molecule has 35 heavy (non-hydrogen) atoms. The van der Waals surface area contributed by atoms with Crippen LogP contribution < -0.4 is 10.6 Å². The zero-order valence-corrected chi connectivity index (χ0v) is 20.8. The van der Waals surface area contributed by atoms with E-state index in [1.165, 1.54) is 0 Å². The second-order valence-electron chi connectivity index (χ2n) is 10.1. The largest absolute Gasteiger partial charge is 0.480 e. The average Bonchev–Trinajstić information content (AvgIpc) is 3.09. The van der Waals surface area contributed by atoms with Crippen molar-refractivity contribution in [3.05, 3.63) is 59.7 Å². The molecule has 0 fully saturated rings. The van der Waals surface area contributed by atoms with Crippen LogP contribution in [-0.2, 0) is 14.3 Å². The first kappa shape index (κ1) is 26.1. The second-order valence-corrected chi connectivity index (χ2v) is 10.1. The van der Waals surface area contributed by atoms with Gasteiger partial charge in [0.2, 0.25) is 0 Å². The van der Waals surface area contributed by atoms with Gasteiger partial charge in [0.1, 0.15) is 18.2 Å². The lowest BCUT2D eigenvalue weighted by Crippen LogP contribution is -2.51. The van der Waals surface area contributed by atoms with Gasteiger partial charge in [-0.1, -0.05) is 62.4 Å². The van der Waals surface area contributed by atoms with Crippen LogP contribution in [0.1, 0.15) is 51.7 Å². The Hall–Kier alpha value is -3.55. The topological polar surface area (TPSA) is 114 Å². The lowest BCUT2D eigenvalue weighted by Gasteiger charge is -2.28. The van der Waals surface area contributed by atoms with E-state index in [4.69, 9.17) is 9.47 Å². The number of carbonyl (C=O) groups excluding carboxylic acids is 2. The first-order valence-electron chi connectivity index (χ1n) is 11.8. The van der Waals surface area contributed by atoms with Crippen LogP contribution in [-0.4, -0.2) is 48.1 Å². The van der Waals surface area contributed by atoms with Gasteiger partial charge in [-0.2, -0.15) is 0 Å². The van der Waals surface area contributed by atoms with Crippen molar-refractivity contribution in [1.29, 1.82) is 0 Å². The average molecular weight is 483 g/mol. The fourth-order valence-corrected chi connectivity index (χ4v) is 4.37. The van der Waals surface area contributed by atoms with Gasteiger partial charge in [-0.15, -0.1) is 0 Å². The van der Waals surface area contributed by atoms with E-state index in [9.17, 15) is 19.5 Å². The Balaban J connectivity index is 1.65. The number of ether oxygens (including phenoxy) is 2. The van der Waals surface area contributed by atoms with Crippen molar-refractivity contribution in [3.63, 3.8) is 0 Å². The molecule has 8 heteroatoms. The minimum Gasteiger partial charge on any atom is -0.480 e. The van der Waals surface area contributed by atoms with E-state index in [0.717, 1.165) is 22.3 Å². The summed E-state index contributed by atoms with van der Waals surface area (Å²) in [5.41, 5.74) is 3.67. The van der Waals surface area contributed by atoms with E-state index in [2.05, 4.69) is 10.6 Å². The highest BCUT2D eigenvalue weighted by Gasteiger charge is 2.34. The number of carboxylic acid groups (broad SMARTS) is 1. The molecule has 0 aromatic heterocycles. The Morgan fingerprint density at radius 1 is 0.943 bits per heavy atom. The van der Waals surface area contributed by atoms with E-state index in [-0.39, 0.29) is 25.0 Å². The van der Waals surface area contributed by atoms with Crippen LogP contribution in [0.25, 0.3) is 11.1 Å². The Kier molecular flexibility index (Phi) is 8.04. The van der Waals surface area contributed by atoms with E-state index in [1.807, 2.05) is 62.4 Å². The molecular weight excluding hydrogens is 448 g/mol. The number of hydrogen-bond acceptors (Lipinski definition) is 5. The molecule has 0 radical (unpaired) electrons. The van der Waals surface area contributed by atoms with E-state index in [0.29, 0.717) is 0 Å². The zero-order valence-electron chi connectivity index (χ0n) is 20.8. The summed E-state index contributed by atoms with van der Waals surface area (Å²) in [5, 5.41) is 14.9. The number of aliphatic carboxylic acids is 1. The van der Waals surface area contributed by atoms with Gasteiger partial charge in [-0.3, -0.25) is 0 Å². The maximum Gasteiger partial charge on any atom is 0.407 e. The molecular formula is C27H34N2O6. The third-order valence-corrected chi connectivity index (χ3v) is 6.05. The third-order valence-electron chi connectivity index (χ3n) is 6.05. The fourth-order valence-electron chi connectivity index (χ4n) is 4.37. The minimum absolute atomic E-state index is 0.0210. The van der Waals surface area contributed by atoms with E-state index >= 15 is 0 Å². The van der Waals surface area contributed by atoms with Crippen LogP contribution in [0.2, 0.25) is 0 Å². The molecule has 1 aliphatic rings. The van der Waals surface area contributed by atoms with Crippen molar-refractivity contribution in [3.8, 4) is 11.1 Å². The lowest BCUT2D eigenvalue weighted by atomic mass is 9.88. The summed E-state index contributed by atoms with van der Waals surface area (Å²) in [4.78, 5) is 36.8. The van der Waals surface area contributed by atoms with Crippen molar-refractivity contribution in [1.82, 2.24) is 10.6 Å². The van der Waals surface area contributed by atoms with Crippen LogP contribution in [0, 0.1) is 11.8 Å². The van der Waals surface area contributed by atoms with Crippen LogP contribution in [0.4, 0.5) is 9.59 Å². The second kappa shape index (κ2) is 10.8. The molecule has 1 aliphatic carbocycles. The molecule has 3 rings (SSSR count). The van der Waals surface area contributed by atoms with Gasteiger partial charge >= 0.3 is 18.2 Å². The van der Waals surface area contributed by atoms with Gasteiger partial charge < -0.3 is 25.2 Å². The van der Waals surface area contributed by atoms with E-state index in [1.54, 1.807) is 20.8 Å². The predicted molar refractivity (Wildman–Crippen MR) is 132 cm³/mol. The summed E-state index contributed by atoms with van der Waals surface area (Å²) in [6, 6.07) is 14.7. The van der Waals surface area contributed by atoms with Crippen LogP contribution in [0.5, 0.6) is 0 Å². The number of alkyl carbamates (subject to hydrolysis) is 2. The Labute approximate surface area is 206 Å². The number of rotatable bonds is 8. The molecule has 3 N–H and O–H groups in total. The highest BCUT2D eigenvalue weighted by Crippen LogP contribution is 2.44. The van der Waals surface area contributed by atoms with Crippen LogP contribution in [0.3, 0.4) is 0 Å². The molecule has 2 aromatic carbocycles. The molecule has 0 heterocycles. The van der Waals surface area contributed by atoms with Crippen molar-refractivity contribution >= 4 is 18.2 Å². The quantitative estimate of drug-likeness (QED) is 0.499. The summed E-state index contributed by atoms with van der Waals surface area (Å²) >= 11 is 0. The Morgan fingerprint density at radius 3 is 1.97 bits per heavy atom. The molecule has 2 unspecified atom stereocenters. The van der Waals surface area contributed by atoms with Gasteiger partial charge in [-0.25, -0.2) is 14.4 Å². The van der Waals surface area contributed by atoms with Crippen molar-refractivity contribution in [2.24, 2.45) is 11.8 Å². The highest BCUT2D eigenvalue weighted by atomic mass is 16.6. The number of hydrogen-bond donors (Lipinski definition) is 3. The zero-order chi connectivity index (χ0) is 25.8. The van der Waals surface area contributed by atoms with Crippen molar-refractivity contribution in [2.45, 2.75) is 52.2 Å². The first-order chi connectivity index (χ1) is 16.5. The van der Waals surface area contributed by atoms with Crippen LogP contribution in [0.15, 0.2) is 48.5 Å². The van der Waals surface area contributed by atoms with Crippen molar-refractivity contribution < 1.29 is 29.0 Å². The summed E-state index contributed by atoms with van der Waals surface area (Å²) in [5.74, 6) is -2.07. The van der Waals surface area contributed by atoms with Gasteiger partial charge in [0.05, 0.1) is 0 Å². The molecule has 0 saturated heterocycles. The van der Waals surface area contributed by atoms with Crippen LogP contribution >= 0.6 is 0 Å². The number of fused-ring (bicyclic) bond motifs is 3. The molecule has 188 valence electrons. The Bertz CT molecular complexity index is 1030. The molecule has 0 spiro atoms. The molecule has 2 atom stereocenters. The normalized spacial score (nSPS) is 14.5. The minimum atomic E-state index is -1.25. The summed E-state index contributed by atoms with van der Waals surface area (Å²) in [7, 11) is 0. The monoisotopic (exact) mass is 482 g/mol. The molecule has 2 aromatic rings. The predicted octanol–water partition coefficient (Wildman–Crippen LogP) is 4.78. The number of benzene rings is 2. The maximum atomic E-state index is 12.7. The molecule has 0 aliphatic heterocycles. The lowest BCUT2D eigenvalue weighted by molar-refractivity contribution is -0.141. The Morgan fingerprint density at radius 2 is 1.49 bits per heavy atom. The molecule has 2 amide bonds. The highest BCUT2D eigenvalue weighted by molar-refractivity contribution is 5.81. The standard InChI is InChI=1S/C27H34N2O6/c1-16(2)21(14-28-25(32)35-27(3,4)5)23(24(30)31)29-26(33)34-15-22-19-12-8-6-10-17(19)18-11-7-9-13-20(18)22/h6-13,16,21-23H,14-15H2,1-5H3,(H,28,32)(H,29,33)(H,30,31). The molecule has 0 bridgehead atoms. The van der Waals surface area contributed by atoms with E-state index < -0.39 is 35.7 Å². The van der Waals surface area contributed by atoms with Gasteiger partial charge in [0.15, 0.2) is 0 Å². The number of amides is 2. The third kappa shape index (κ3) is 6.53. The SMILES string of the molecule is CC(C)C(CNC(=O)OC(C)(C)C)C(NC(=O)OCC1c2ccccc2-c2ccccc21)C(=O)O. The maximum absolute atomic E-state index is 12.7. The number of nitrogens with one attached hydrogen (secondary N) is 2.